The van der Waals surface area contributed by atoms with Crippen LogP contribution in [-0.2, 0) is 0 Å². The van der Waals surface area contributed by atoms with Crippen LogP contribution in [0.1, 0.15) is 17.0 Å². The number of carbonyl (C=O) groups is 1. The van der Waals surface area contributed by atoms with Crippen LogP contribution in [0.5, 0.6) is 0 Å². The van der Waals surface area contributed by atoms with Crippen LogP contribution in [-0.4, -0.2) is 25.5 Å². The van der Waals surface area contributed by atoms with Crippen molar-refractivity contribution in [2.75, 3.05) is 19.6 Å². The van der Waals surface area contributed by atoms with Crippen molar-refractivity contribution in [1.29, 1.82) is 0 Å². The molecule has 0 unspecified atom stereocenters. The molecule has 1 aliphatic heterocycles. The molecule has 19 heavy (non-hydrogen) atoms. The zero-order valence-electron chi connectivity index (χ0n) is 10.4. The first-order valence-electron chi connectivity index (χ1n) is 6.40. The molecule has 0 spiro atoms. The summed E-state index contributed by atoms with van der Waals surface area (Å²) in [5.74, 6) is 0.685. The van der Waals surface area contributed by atoms with Gasteiger partial charge in [0.05, 0.1) is 0 Å². The first kappa shape index (κ1) is 12.5. The molecular weight excluding hydrogens is 264 g/mol. The second-order valence-corrected chi connectivity index (χ2v) is 5.30. The Morgan fingerprint density at radius 2 is 2.37 bits per heavy atom. The Labute approximate surface area is 116 Å². The van der Waals surface area contributed by atoms with E-state index in [0.717, 1.165) is 24.9 Å². The Hall–Kier alpha value is -1.52. The van der Waals surface area contributed by atoms with Gasteiger partial charge in [-0.15, -0.1) is 0 Å². The largest absolute Gasteiger partial charge is 0.451 e. The normalized spacial score (nSPS) is 18.9. The smallest absolute Gasteiger partial charge is 0.287 e. The molecule has 3 rings (SSSR count). The van der Waals surface area contributed by atoms with E-state index in [4.69, 9.17) is 16.0 Å². The molecule has 0 radical (unpaired) electrons. The molecule has 2 N–H and O–H groups in total. The number of benzene rings is 1. The molecule has 1 aliphatic rings. The molecule has 1 aromatic heterocycles. The summed E-state index contributed by atoms with van der Waals surface area (Å²) in [6.07, 6.45) is 1.11. The van der Waals surface area contributed by atoms with E-state index in [1.807, 2.05) is 0 Å². The van der Waals surface area contributed by atoms with E-state index in [0.29, 0.717) is 28.8 Å². The average molecular weight is 279 g/mol. The lowest BCUT2D eigenvalue weighted by atomic mass is 10.1. The van der Waals surface area contributed by atoms with Crippen LogP contribution in [0.15, 0.2) is 28.7 Å². The molecule has 0 saturated carbocycles. The van der Waals surface area contributed by atoms with Gasteiger partial charge in [-0.2, -0.15) is 0 Å². The van der Waals surface area contributed by atoms with Crippen molar-refractivity contribution < 1.29 is 9.21 Å². The van der Waals surface area contributed by atoms with Gasteiger partial charge < -0.3 is 15.1 Å². The first-order valence-corrected chi connectivity index (χ1v) is 6.78. The number of halogens is 1. The lowest BCUT2D eigenvalue weighted by Crippen LogP contribution is -2.29. The molecule has 2 heterocycles. The third kappa shape index (κ3) is 2.74. The summed E-state index contributed by atoms with van der Waals surface area (Å²) in [6, 6.07) is 7.04. The average Bonchev–Trinajstić information content (AvgIpc) is 3.04. The number of nitrogens with one attached hydrogen (secondary N) is 2. The van der Waals surface area contributed by atoms with Gasteiger partial charge in [-0.05, 0) is 49.7 Å². The second-order valence-electron chi connectivity index (χ2n) is 4.86. The maximum atomic E-state index is 12.0. The highest BCUT2D eigenvalue weighted by atomic mass is 35.5. The molecule has 2 aromatic rings. The minimum absolute atomic E-state index is 0.167. The summed E-state index contributed by atoms with van der Waals surface area (Å²) in [5.41, 5.74) is 0.678. The van der Waals surface area contributed by atoms with Gasteiger partial charge in [0.1, 0.15) is 5.58 Å². The van der Waals surface area contributed by atoms with Crippen molar-refractivity contribution >= 4 is 28.5 Å². The maximum Gasteiger partial charge on any atom is 0.287 e. The number of furan rings is 1. The molecule has 1 atom stereocenters. The Morgan fingerprint density at radius 3 is 3.16 bits per heavy atom. The third-order valence-electron chi connectivity index (χ3n) is 3.42. The molecule has 1 amide bonds. The highest BCUT2D eigenvalue weighted by Gasteiger charge is 2.17. The van der Waals surface area contributed by atoms with Gasteiger partial charge in [-0.1, -0.05) is 11.6 Å². The van der Waals surface area contributed by atoms with Crippen LogP contribution in [0.4, 0.5) is 0 Å². The molecule has 5 heteroatoms. The van der Waals surface area contributed by atoms with Gasteiger partial charge in [0.2, 0.25) is 0 Å². The number of amides is 1. The maximum absolute atomic E-state index is 12.0. The predicted octanol–water partition coefficient (Wildman–Crippen LogP) is 2.43. The fraction of sp³-hybridized carbons (Fsp3) is 0.357. The van der Waals surface area contributed by atoms with Crippen molar-refractivity contribution in [3.05, 3.63) is 35.0 Å². The van der Waals surface area contributed by atoms with Crippen LogP contribution in [0, 0.1) is 5.92 Å². The van der Waals surface area contributed by atoms with Crippen LogP contribution >= 0.6 is 11.6 Å². The van der Waals surface area contributed by atoms with Crippen molar-refractivity contribution in [3.8, 4) is 0 Å². The summed E-state index contributed by atoms with van der Waals surface area (Å²) < 4.78 is 5.51. The highest BCUT2D eigenvalue weighted by Crippen LogP contribution is 2.23. The van der Waals surface area contributed by atoms with E-state index in [9.17, 15) is 4.79 Å². The highest BCUT2D eigenvalue weighted by molar-refractivity contribution is 6.31. The molecule has 0 bridgehead atoms. The van der Waals surface area contributed by atoms with Gasteiger partial charge in [0.25, 0.3) is 5.91 Å². The van der Waals surface area contributed by atoms with E-state index in [2.05, 4.69) is 10.6 Å². The summed E-state index contributed by atoms with van der Waals surface area (Å²) in [7, 11) is 0. The number of hydrogen-bond donors (Lipinski definition) is 2. The minimum Gasteiger partial charge on any atom is -0.451 e. The molecule has 100 valence electrons. The van der Waals surface area contributed by atoms with Crippen molar-refractivity contribution in [2.45, 2.75) is 6.42 Å². The van der Waals surface area contributed by atoms with Crippen LogP contribution < -0.4 is 10.6 Å². The van der Waals surface area contributed by atoms with E-state index >= 15 is 0 Å². The Bertz CT molecular complexity index is 603. The molecule has 1 aromatic carbocycles. The monoisotopic (exact) mass is 278 g/mol. The standard InChI is InChI=1S/C14H15ClN2O2/c15-11-1-2-12-10(5-11)6-13(19-12)14(18)17-8-9-3-4-16-7-9/h1-2,5-6,9,16H,3-4,7-8H2,(H,17,18)/t9-/m0/s1. The van der Waals surface area contributed by atoms with E-state index < -0.39 is 0 Å². The number of carbonyl (C=O) groups excluding carboxylic acids is 1. The number of hydrogen-bond acceptors (Lipinski definition) is 3. The molecule has 4 nitrogen and oxygen atoms in total. The van der Waals surface area contributed by atoms with Gasteiger partial charge in [0, 0.05) is 17.0 Å². The second kappa shape index (κ2) is 5.23. The third-order valence-corrected chi connectivity index (χ3v) is 3.65. The van der Waals surface area contributed by atoms with Gasteiger partial charge in [-0.3, -0.25) is 4.79 Å². The summed E-state index contributed by atoms with van der Waals surface area (Å²) in [5, 5.41) is 7.67. The van der Waals surface area contributed by atoms with E-state index in [1.54, 1.807) is 24.3 Å². The first-order chi connectivity index (χ1) is 9.22. The van der Waals surface area contributed by atoms with Gasteiger partial charge >= 0.3 is 0 Å². The van der Waals surface area contributed by atoms with Crippen molar-refractivity contribution in [1.82, 2.24) is 10.6 Å². The lowest BCUT2D eigenvalue weighted by Gasteiger charge is -2.08. The molecule has 1 saturated heterocycles. The lowest BCUT2D eigenvalue weighted by molar-refractivity contribution is 0.0922. The Morgan fingerprint density at radius 1 is 1.47 bits per heavy atom. The summed E-state index contributed by atoms with van der Waals surface area (Å²) in [4.78, 5) is 12.0. The van der Waals surface area contributed by atoms with Crippen LogP contribution in [0.25, 0.3) is 11.0 Å². The summed E-state index contributed by atoms with van der Waals surface area (Å²) in [6.45, 7) is 2.68. The summed E-state index contributed by atoms with van der Waals surface area (Å²) >= 11 is 5.91. The predicted molar refractivity (Wildman–Crippen MR) is 74.5 cm³/mol. The van der Waals surface area contributed by atoms with Gasteiger partial charge in [-0.25, -0.2) is 0 Å². The number of rotatable bonds is 3. The van der Waals surface area contributed by atoms with Crippen LogP contribution in [0.2, 0.25) is 5.02 Å². The SMILES string of the molecule is O=C(NC[C@H]1CCNC1)c1cc2cc(Cl)ccc2o1. The van der Waals surface area contributed by atoms with E-state index in [1.165, 1.54) is 0 Å². The quantitative estimate of drug-likeness (QED) is 0.907. The Kier molecular flexibility index (Phi) is 3.44. The zero-order valence-corrected chi connectivity index (χ0v) is 11.2. The number of fused-ring (bicyclic) bond motifs is 1. The van der Waals surface area contributed by atoms with Gasteiger partial charge in [0.15, 0.2) is 5.76 Å². The topological polar surface area (TPSA) is 54.3 Å². The Balaban J connectivity index is 1.70. The molecule has 1 fully saturated rings. The van der Waals surface area contributed by atoms with Crippen molar-refractivity contribution in [2.24, 2.45) is 5.92 Å². The fourth-order valence-corrected chi connectivity index (χ4v) is 2.52. The fourth-order valence-electron chi connectivity index (χ4n) is 2.34. The van der Waals surface area contributed by atoms with Crippen LogP contribution in [0.3, 0.4) is 0 Å². The minimum atomic E-state index is -0.167. The molecular formula is C14H15ClN2O2. The molecule has 0 aliphatic carbocycles. The van der Waals surface area contributed by atoms with Crippen molar-refractivity contribution in [3.63, 3.8) is 0 Å². The zero-order chi connectivity index (χ0) is 13.2. The van der Waals surface area contributed by atoms with E-state index in [-0.39, 0.29) is 5.91 Å².